The number of likely N-dealkylation sites (N-methyl/N-ethyl adjacent to an activating group) is 1. The average Bonchev–Trinajstić information content (AvgIpc) is 3.14. The molecular weight excluding hydrogens is 238 g/mol. The second kappa shape index (κ2) is 5.80. The number of nitrogens with one attached hydrogen (secondary N) is 1. The maximum atomic E-state index is 12.3. The van der Waals surface area contributed by atoms with Gasteiger partial charge in [0.05, 0.1) is 6.54 Å². The van der Waals surface area contributed by atoms with Gasteiger partial charge in [0, 0.05) is 25.2 Å². The zero-order valence-corrected chi connectivity index (χ0v) is 12.1. The molecule has 2 unspecified atom stereocenters. The summed E-state index contributed by atoms with van der Waals surface area (Å²) in [5, 5.41) is 3.63. The average molecular weight is 265 g/mol. The smallest absolute Gasteiger partial charge is 0.236 e. The second-order valence-corrected chi connectivity index (χ2v) is 6.47. The lowest BCUT2D eigenvalue weighted by Crippen LogP contribution is -2.53. The van der Waals surface area contributed by atoms with Crippen molar-refractivity contribution in [3.63, 3.8) is 0 Å². The molecule has 4 nitrogen and oxygen atoms in total. The molecule has 2 saturated heterocycles. The molecule has 4 heteroatoms. The van der Waals surface area contributed by atoms with E-state index in [2.05, 4.69) is 10.2 Å². The predicted molar refractivity (Wildman–Crippen MR) is 76.0 cm³/mol. The lowest BCUT2D eigenvalue weighted by Gasteiger charge is -2.39. The molecule has 0 spiro atoms. The number of nitrogens with zero attached hydrogens (tertiary/aromatic N) is 2. The van der Waals surface area contributed by atoms with E-state index in [9.17, 15) is 4.79 Å². The van der Waals surface area contributed by atoms with Gasteiger partial charge in [-0.2, -0.15) is 0 Å². The Labute approximate surface area is 116 Å². The topological polar surface area (TPSA) is 35.6 Å². The van der Waals surface area contributed by atoms with Crippen molar-refractivity contribution >= 4 is 5.91 Å². The Morgan fingerprint density at radius 3 is 2.74 bits per heavy atom. The molecule has 2 atom stereocenters. The Bertz CT molecular complexity index is 323. The summed E-state index contributed by atoms with van der Waals surface area (Å²) < 4.78 is 0. The Morgan fingerprint density at radius 1 is 1.21 bits per heavy atom. The molecule has 1 aliphatic carbocycles. The van der Waals surface area contributed by atoms with Gasteiger partial charge in [0.15, 0.2) is 0 Å². The van der Waals surface area contributed by atoms with Gasteiger partial charge in [-0.25, -0.2) is 0 Å². The summed E-state index contributed by atoms with van der Waals surface area (Å²) in [6.07, 6.45) is 8.83. The van der Waals surface area contributed by atoms with E-state index in [4.69, 9.17) is 0 Å². The van der Waals surface area contributed by atoms with Crippen LogP contribution in [0.1, 0.15) is 44.9 Å². The minimum absolute atomic E-state index is 0.326. The highest BCUT2D eigenvalue weighted by Gasteiger charge is 2.35. The van der Waals surface area contributed by atoms with Crippen molar-refractivity contribution < 1.29 is 4.79 Å². The summed E-state index contributed by atoms with van der Waals surface area (Å²) in [4.78, 5) is 16.7. The van der Waals surface area contributed by atoms with Crippen LogP contribution < -0.4 is 5.32 Å². The highest BCUT2D eigenvalue weighted by atomic mass is 16.2. The van der Waals surface area contributed by atoms with E-state index in [1.165, 1.54) is 44.9 Å². The summed E-state index contributed by atoms with van der Waals surface area (Å²) >= 11 is 0. The van der Waals surface area contributed by atoms with Gasteiger partial charge in [0.1, 0.15) is 0 Å². The van der Waals surface area contributed by atoms with E-state index in [0.29, 0.717) is 30.6 Å². The van der Waals surface area contributed by atoms with E-state index in [-0.39, 0.29) is 0 Å². The highest BCUT2D eigenvalue weighted by Crippen LogP contribution is 2.27. The minimum atomic E-state index is 0.326. The Kier molecular flexibility index (Phi) is 4.08. The van der Waals surface area contributed by atoms with Crippen LogP contribution in [0.5, 0.6) is 0 Å². The molecule has 1 N–H and O–H groups in total. The molecule has 0 aromatic rings. The van der Waals surface area contributed by atoms with Gasteiger partial charge < -0.3 is 10.2 Å². The van der Waals surface area contributed by atoms with Crippen molar-refractivity contribution in [1.29, 1.82) is 0 Å². The number of carbonyl (C=O) groups is 1. The SMILES string of the molecule is CN(C(=O)CN1CCCCC1C1CCCN1)C1CC1. The molecule has 2 heterocycles. The fourth-order valence-corrected chi connectivity index (χ4v) is 3.66. The van der Waals surface area contributed by atoms with Gasteiger partial charge in [0.2, 0.25) is 5.91 Å². The molecule has 0 bridgehead atoms. The van der Waals surface area contributed by atoms with E-state index in [0.717, 1.165) is 13.1 Å². The molecule has 0 aromatic carbocycles. The first-order chi connectivity index (χ1) is 9.25. The van der Waals surface area contributed by atoms with Crippen LogP contribution in [-0.4, -0.2) is 60.5 Å². The quantitative estimate of drug-likeness (QED) is 0.830. The molecule has 108 valence electrons. The van der Waals surface area contributed by atoms with Crippen LogP contribution in [0.3, 0.4) is 0 Å². The normalized spacial score (nSPS) is 32.5. The van der Waals surface area contributed by atoms with Crippen molar-refractivity contribution in [3.05, 3.63) is 0 Å². The molecule has 0 aromatic heterocycles. The monoisotopic (exact) mass is 265 g/mol. The maximum absolute atomic E-state index is 12.3. The van der Waals surface area contributed by atoms with Gasteiger partial charge in [-0.1, -0.05) is 6.42 Å². The summed E-state index contributed by atoms with van der Waals surface area (Å²) in [6.45, 7) is 2.90. The van der Waals surface area contributed by atoms with Gasteiger partial charge >= 0.3 is 0 Å². The second-order valence-electron chi connectivity index (χ2n) is 6.47. The summed E-state index contributed by atoms with van der Waals surface area (Å²) in [5.74, 6) is 0.326. The zero-order valence-electron chi connectivity index (χ0n) is 12.1. The first-order valence-electron chi connectivity index (χ1n) is 7.99. The largest absolute Gasteiger partial charge is 0.342 e. The molecule has 0 radical (unpaired) electrons. The zero-order chi connectivity index (χ0) is 13.2. The summed E-state index contributed by atoms with van der Waals surface area (Å²) in [7, 11) is 1.98. The molecule has 3 fully saturated rings. The number of carbonyl (C=O) groups excluding carboxylic acids is 1. The van der Waals surface area contributed by atoms with Crippen molar-refractivity contribution in [2.75, 3.05) is 26.7 Å². The van der Waals surface area contributed by atoms with Crippen LogP contribution in [0, 0.1) is 0 Å². The van der Waals surface area contributed by atoms with E-state index < -0.39 is 0 Å². The van der Waals surface area contributed by atoms with E-state index in [1.807, 2.05) is 11.9 Å². The van der Waals surface area contributed by atoms with E-state index >= 15 is 0 Å². The standard InChI is InChI=1S/C15H27N3O/c1-17(12-7-8-12)15(19)11-18-10-3-2-6-14(18)13-5-4-9-16-13/h12-14,16H,2-11H2,1H3. The number of amides is 1. The first kappa shape index (κ1) is 13.4. The van der Waals surface area contributed by atoms with Crippen molar-refractivity contribution in [2.45, 2.75) is 63.1 Å². The van der Waals surface area contributed by atoms with Crippen molar-refractivity contribution in [3.8, 4) is 0 Å². The fourth-order valence-electron chi connectivity index (χ4n) is 3.66. The number of piperidine rings is 1. The number of rotatable bonds is 4. The number of hydrogen-bond donors (Lipinski definition) is 1. The van der Waals surface area contributed by atoms with Crippen LogP contribution in [0.2, 0.25) is 0 Å². The van der Waals surface area contributed by atoms with Crippen molar-refractivity contribution in [2.24, 2.45) is 0 Å². The van der Waals surface area contributed by atoms with Gasteiger partial charge in [0.25, 0.3) is 0 Å². The van der Waals surface area contributed by atoms with Gasteiger partial charge in [-0.3, -0.25) is 9.69 Å². The number of hydrogen-bond acceptors (Lipinski definition) is 3. The Morgan fingerprint density at radius 2 is 2.05 bits per heavy atom. The highest BCUT2D eigenvalue weighted by molar-refractivity contribution is 5.78. The summed E-state index contributed by atoms with van der Waals surface area (Å²) in [6, 6.07) is 1.76. The predicted octanol–water partition coefficient (Wildman–Crippen LogP) is 1.21. The lowest BCUT2D eigenvalue weighted by atomic mass is 9.94. The molecule has 1 saturated carbocycles. The molecule has 3 rings (SSSR count). The number of likely N-dealkylation sites (tertiary alicyclic amines) is 1. The minimum Gasteiger partial charge on any atom is -0.342 e. The first-order valence-corrected chi connectivity index (χ1v) is 7.99. The Balaban J connectivity index is 1.58. The lowest BCUT2D eigenvalue weighted by molar-refractivity contribution is -0.132. The molecule has 3 aliphatic rings. The molecule has 1 amide bonds. The van der Waals surface area contributed by atoms with Crippen LogP contribution >= 0.6 is 0 Å². The molecule has 2 aliphatic heterocycles. The van der Waals surface area contributed by atoms with Crippen LogP contribution in [0.15, 0.2) is 0 Å². The third kappa shape index (κ3) is 3.11. The molecule has 19 heavy (non-hydrogen) atoms. The van der Waals surface area contributed by atoms with E-state index in [1.54, 1.807) is 0 Å². The van der Waals surface area contributed by atoms with Crippen LogP contribution in [0.25, 0.3) is 0 Å². The van der Waals surface area contributed by atoms with Gasteiger partial charge in [-0.15, -0.1) is 0 Å². The molecular formula is C15H27N3O. The third-order valence-electron chi connectivity index (χ3n) is 5.05. The Hall–Kier alpha value is -0.610. The van der Waals surface area contributed by atoms with Crippen LogP contribution in [0.4, 0.5) is 0 Å². The van der Waals surface area contributed by atoms with Gasteiger partial charge in [-0.05, 0) is 51.6 Å². The van der Waals surface area contributed by atoms with Crippen LogP contribution in [-0.2, 0) is 4.79 Å². The third-order valence-corrected chi connectivity index (χ3v) is 5.05. The summed E-state index contributed by atoms with van der Waals surface area (Å²) in [5.41, 5.74) is 0. The van der Waals surface area contributed by atoms with Crippen molar-refractivity contribution in [1.82, 2.24) is 15.1 Å². The maximum Gasteiger partial charge on any atom is 0.236 e. The fraction of sp³-hybridized carbons (Fsp3) is 0.933.